The smallest absolute Gasteiger partial charge is 0.0650 e. The van der Waals surface area contributed by atoms with Crippen LogP contribution in [-0.4, -0.2) is 16.2 Å². The zero-order valence-corrected chi connectivity index (χ0v) is 11.3. The van der Waals surface area contributed by atoms with Gasteiger partial charge in [0, 0.05) is 11.3 Å². The molecule has 1 aliphatic carbocycles. The molecule has 0 amide bonds. The molecule has 1 nitrogen and oxygen atoms in total. The molecule has 2 aliphatic rings. The molecule has 0 radical (unpaired) electrons. The molecule has 1 heterocycles. The Morgan fingerprint density at radius 1 is 1.27 bits per heavy atom. The van der Waals surface area contributed by atoms with Crippen molar-refractivity contribution < 1.29 is 0 Å². The zero-order chi connectivity index (χ0) is 10.9. The highest BCUT2D eigenvalue weighted by atomic mass is 32.2. The van der Waals surface area contributed by atoms with Gasteiger partial charge in [0.25, 0.3) is 0 Å². The molecule has 0 aromatic heterocycles. The minimum atomic E-state index is 0.358. The van der Waals surface area contributed by atoms with Crippen molar-refractivity contribution in [3.63, 3.8) is 0 Å². The SMILES string of the molecule is CCC1CCCC2(CC1)NC(C)(C)CS2. The first-order valence-corrected chi connectivity index (χ1v) is 7.47. The predicted molar refractivity (Wildman–Crippen MR) is 69.3 cm³/mol. The van der Waals surface area contributed by atoms with Gasteiger partial charge in [-0.1, -0.05) is 26.2 Å². The lowest BCUT2D eigenvalue weighted by Crippen LogP contribution is -2.46. The first kappa shape index (κ1) is 11.8. The minimum absolute atomic E-state index is 0.358. The molecule has 0 aromatic carbocycles. The van der Waals surface area contributed by atoms with Crippen molar-refractivity contribution >= 4 is 11.8 Å². The lowest BCUT2D eigenvalue weighted by Gasteiger charge is -2.30. The average molecular weight is 227 g/mol. The maximum atomic E-state index is 3.89. The average Bonchev–Trinajstić information content (AvgIpc) is 2.37. The highest BCUT2D eigenvalue weighted by molar-refractivity contribution is 8.00. The Bertz CT molecular complexity index is 227. The van der Waals surface area contributed by atoms with E-state index in [1.807, 2.05) is 0 Å². The van der Waals surface area contributed by atoms with Gasteiger partial charge in [-0.3, -0.25) is 5.32 Å². The second-order valence-corrected chi connectivity index (χ2v) is 7.36. The Morgan fingerprint density at radius 2 is 2.07 bits per heavy atom. The monoisotopic (exact) mass is 227 g/mol. The lowest BCUT2D eigenvalue weighted by molar-refractivity contribution is 0.332. The van der Waals surface area contributed by atoms with Crippen LogP contribution in [0.1, 0.15) is 59.3 Å². The van der Waals surface area contributed by atoms with E-state index < -0.39 is 0 Å². The van der Waals surface area contributed by atoms with Crippen LogP contribution in [0.3, 0.4) is 0 Å². The summed E-state index contributed by atoms with van der Waals surface area (Å²) in [6.07, 6.45) is 8.48. The number of hydrogen-bond acceptors (Lipinski definition) is 2. The van der Waals surface area contributed by atoms with E-state index in [2.05, 4.69) is 37.8 Å². The van der Waals surface area contributed by atoms with Crippen molar-refractivity contribution in [2.24, 2.45) is 5.92 Å². The van der Waals surface area contributed by atoms with E-state index in [9.17, 15) is 0 Å². The van der Waals surface area contributed by atoms with Crippen LogP contribution in [0, 0.1) is 5.92 Å². The topological polar surface area (TPSA) is 12.0 Å². The summed E-state index contributed by atoms with van der Waals surface area (Å²) in [7, 11) is 0. The van der Waals surface area contributed by atoms with Gasteiger partial charge in [0.05, 0.1) is 4.87 Å². The predicted octanol–water partition coefficient (Wildman–Crippen LogP) is 3.79. The minimum Gasteiger partial charge on any atom is -0.297 e. The van der Waals surface area contributed by atoms with Crippen molar-refractivity contribution in [2.45, 2.75) is 69.7 Å². The van der Waals surface area contributed by atoms with Crippen molar-refractivity contribution in [1.82, 2.24) is 5.32 Å². The number of hydrogen-bond donors (Lipinski definition) is 1. The molecule has 2 unspecified atom stereocenters. The Labute approximate surface area is 98.8 Å². The van der Waals surface area contributed by atoms with Gasteiger partial charge in [-0.25, -0.2) is 0 Å². The van der Waals surface area contributed by atoms with Crippen molar-refractivity contribution in [3.8, 4) is 0 Å². The maximum Gasteiger partial charge on any atom is 0.0650 e. The van der Waals surface area contributed by atoms with Crippen LogP contribution in [0.25, 0.3) is 0 Å². The van der Waals surface area contributed by atoms with Crippen LogP contribution < -0.4 is 5.32 Å². The molecule has 88 valence electrons. The third-order valence-electron chi connectivity index (χ3n) is 4.00. The summed E-state index contributed by atoms with van der Waals surface area (Å²) in [5.74, 6) is 2.28. The first-order valence-electron chi connectivity index (χ1n) is 6.49. The molecule has 15 heavy (non-hydrogen) atoms. The Balaban J connectivity index is 1.99. The van der Waals surface area contributed by atoms with Gasteiger partial charge in [-0.15, -0.1) is 11.8 Å². The molecular weight excluding hydrogens is 202 g/mol. The van der Waals surface area contributed by atoms with E-state index in [-0.39, 0.29) is 0 Å². The zero-order valence-electron chi connectivity index (χ0n) is 10.4. The van der Waals surface area contributed by atoms with Gasteiger partial charge in [0.1, 0.15) is 0 Å². The summed E-state index contributed by atoms with van der Waals surface area (Å²) < 4.78 is 0. The first-order chi connectivity index (χ1) is 7.05. The molecule has 2 heteroatoms. The summed E-state index contributed by atoms with van der Waals surface area (Å²) in [6.45, 7) is 7.04. The molecule has 2 atom stereocenters. The quantitative estimate of drug-likeness (QED) is 0.731. The summed E-state index contributed by atoms with van der Waals surface area (Å²) >= 11 is 2.19. The van der Waals surface area contributed by atoms with E-state index in [0.29, 0.717) is 10.4 Å². The number of thioether (sulfide) groups is 1. The van der Waals surface area contributed by atoms with Gasteiger partial charge >= 0.3 is 0 Å². The largest absolute Gasteiger partial charge is 0.297 e. The summed E-state index contributed by atoms with van der Waals surface area (Å²) in [5.41, 5.74) is 0.358. The van der Waals surface area contributed by atoms with Crippen molar-refractivity contribution in [2.75, 3.05) is 5.75 Å². The fourth-order valence-corrected chi connectivity index (χ4v) is 4.68. The van der Waals surface area contributed by atoms with Crippen LogP contribution in [0.2, 0.25) is 0 Å². The maximum absolute atomic E-state index is 3.89. The number of rotatable bonds is 1. The Morgan fingerprint density at radius 3 is 2.67 bits per heavy atom. The van der Waals surface area contributed by atoms with E-state index in [0.717, 1.165) is 5.92 Å². The van der Waals surface area contributed by atoms with Crippen molar-refractivity contribution in [3.05, 3.63) is 0 Å². The fraction of sp³-hybridized carbons (Fsp3) is 1.00. The third kappa shape index (κ3) is 2.71. The van der Waals surface area contributed by atoms with Crippen molar-refractivity contribution in [1.29, 1.82) is 0 Å². The lowest BCUT2D eigenvalue weighted by atomic mass is 9.97. The van der Waals surface area contributed by atoms with Gasteiger partial charge in [-0.05, 0) is 39.0 Å². The summed E-state index contributed by atoms with van der Waals surface area (Å²) in [4.78, 5) is 0.438. The number of nitrogens with one attached hydrogen (secondary N) is 1. The molecule has 2 rings (SSSR count). The molecule has 0 bridgehead atoms. The fourth-order valence-electron chi connectivity index (χ4n) is 3.07. The molecule has 2 fully saturated rings. The van der Waals surface area contributed by atoms with Crippen LogP contribution >= 0.6 is 11.8 Å². The highest BCUT2D eigenvalue weighted by Crippen LogP contribution is 2.45. The van der Waals surface area contributed by atoms with Gasteiger partial charge in [0.15, 0.2) is 0 Å². The molecule has 1 N–H and O–H groups in total. The molecule has 1 saturated carbocycles. The Kier molecular flexibility index (Phi) is 3.37. The molecule has 0 aromatic rings. The Hall–Kier alpha value is 0.310. The second kappa shape index (κ2) is 4.29. The molecule has 1 aliphatic heterocycles. The highest BCUT2D eigenvalue weighted by Gasteiger charge is 2.43. The van der Waals surface area contributed by atoms with Crippen LogP contribution in [0.5, 0.6) is 0 Å². The third-order valence-corrected chi connectivity index (χ3v) is 5.93. The molecule has 1 spiro atoms. The van der Waals surface area contributed by atoms with E-state index in [1.165, 1.54) is 44.3 Å². The van der Waals surface area contributed by atoms with Crippen LogP contribution in [-0.2, 0) is 0 Å². The van der Waals surface area contributed by atoms with E-state index in [4.69, 9.17) is 0 Å². The van der Waals surface area contributed by atoms with Gasteiger partial charge in [0.2, 0.25) is 0 Å². The van der Waals surface area contributed by atoms with Crippen LogP contribution in [0.4, 0.5) is 0 Å². The normalized spacial score (nSPS) is 40.6. The standard InChI is InChI=1S/C13H25NS/c1-4-11-6-5-8-13(9-7-11)14-12(2,3)10-15-13/h11,14H,4-10H2,1-3H3. The summed E-state index contributed by atoms with van der Waals surface area (Å²) in [5, 5.41) is 3.89. The van der Waals surface area contributed by atoms with E-state index >= 15 is 0 Å². The van der Waals surface area contributed by atoms with E-state index in [1.54, 1.807) is 0 Å². The molecule has 1 saturated heterocycles. The summed E-state index contributed by atoms with van der Waals surface area (Å²) in [6, 6.07) is 0. The van der Waals surface area contributed by atoms with Gasteiger partial charge in [-0.2, -0.15) is 0 Å². The molecular formula is C13H25NS. The van der Waals surface area contributed by atoms with Gasteiger partial charge < -0.3 is 0 Å². The second-order valence-electron chi connectivity index (χ2n) is 6.00. The van der Waals surface area contributed by atoms with Crippen LogP contribution in [0.15, 0.2) is 0 Å².